The van der Waals surface area contributed by atoms with Gasteiger partial charge in [-0.3, -0.25) is 10.1 Å². The molecule has 1 aliphatic rings. The van der Waals surface area contributed by atoms with E-state index in [1.165, 1.54) is 26.4 Å². The number of nitrogens with one attached hydrogen (secondary N) is 3. The first-order chi connectivity index (χ1) is 18.8. The van der Waals surface area contributed by atoms with E-state index in [0.717, 1.165) is 10.9 Å². The summed E-state index contributed by atoms with van der Waals surface area (Å²) < 4.78 is 15.2. The highest BCUT2D eigenvalue weighted by Crippen LogP contribution is 2.44. The lowest BCUT2D eigenvalue weighted by atomic mass is 9.76. The van der Waals surface area contributed by atoms with Crippen LogP contribution in [0.3, 0.4) is 0 Å². The van der Waals surface area contributed by atoms with Crippen LogP contribution in [0.25, 0.3) is 10.9 Å². The zero-order chi connectivity index (χ0) is 29.4. The first-order valence-corrected chi connectivity index (χ1v) is 13.2. The Hall–Kier alpha value is -4.05. The maximum atomic E-state index is 13.6. The van der Waals surface area contributed by atoms with Crippen LogP contribution in [0, 0.1) is 5.92 Å². The van der Waals surface area contributed by atoms with Crippen LogP contribution >= 0.6 is 11.6 Å². The van der Waals surface area contributed by atoms with Gasteiger partial charge < -0.3 is 24.5 Å². The average molecular weight is 570 g/mol. The van der Waals surface area contributed by atoms with Crippen molar-refractivity contribution in [2.45, 2.75) is 52.1 Å². The van der Waals surface area contributed by atoms with E-state index in [2.05, 4.69) is 15.6 Å². The van der Waals surface area contributed by atoms with Crippen molar-refractivity contribution in [3.05, 3.63) is 57.7 Å². The molecule has 2 amide bonds. The lowest BCUT2D eigenvalue weighted by Crippen LogP contribution is -2.29. The number of ether oxygens (including phenoxy) is 3. The summed E-state index contributed by atoms with van der Waals surface area (Å²) in [5.41, 5.74) is 2.56. The SMILES string of the molecule is COC(=O)c1cc(NC(=O)OC(C)(C)C)ccc1NC(=O)C(C)C1CCc2cc(Cl)cc3[nH]c(C(=O)OC)c1c23. The van der Waals surface area contributed by atoms with Crippen LogP contribution < -0.4 is 10.6 Å². The number of carbonyl (C=O) groups is 4. The van der Waals surface area contributed by atoms with E-state index >= 15 is 0 Å². The number of methoxy groups -OCH3 is 2. The van der Waals surface area contributed by atoms with E-state index in [4.69, 9.17) is 25.8 Å². The Labute approximate surface area is 236 Å². The Morgan fingerprint density at radius 3 is 2.38 bits per heavy atom. The van der Waals surface area contributed by atoms with Crippen molar-refractivity contribution in [3.63, 3.8) is 0 Å². The second-order valence-corrected chi connectivity index (χ2v) is 11.1. The van der Waals surface area contributed by atoms with Gasteiger partial charge in [-0.1, -0.05) is 18.5 Å². The van der Waals surface area contributed by atoms with Crippen LogP contribution in [0.4, 0.5) is 16.2 Å². The molecule has 1 aromatic heterocycles. The van der Waals surface area contributed by atoms with Gasteiger partial charge in [0.25, 0.3) is 0 Å². The van der Waals surface area contributed by atoms with Crippen LogP contribution in [0.2, 0.25) is 5.02 Å². The molecule has 0 aliphatic heterocycles. The van der Waals surface area contributed by atoms with Crippen molar-refractivity contribution in [1.82, 2.24) is 4.98 Å². The highest BCUT2D eigenvalue weighted by Gasteiger charge is 2.36. The molecule has 2 aromatic carbocycles. The van der Waals surface area contributed by atoms with Gasteiger partial charge in [-0.05, 0) is 81.0 Å². The summed E-state index contributed by atoms with van der Waals surface area (Å²) in [5, 5.41) is 6.83. The smallest absolute Gasteiger partial charge is 0.412 e. The molecule has 0 fully saturated rings. The molecule has 0 spiro atoms. The predicted octanol–water partition coefficient (Wildman–Crippen LogP) is 6.05. The van der Waals surface area contributed by atoms with Crippen LogP contribution in [0.5, 0.6) is 0 Å². The maximum Gasteiger partial charge on any atom is 0.412 e. The molecule has 3 aromatic rings. The lowest BCUT2D eigenvalue weighted by Gasteiger charge is -2.28. The number of H-pyrrole nitrogens is 1. The molecule has 0 saturated heterocycles. The van der Waals surface area contributed by atoms with Gasteiger partial charge in [-0.25, -0.2) is 14.4 Å². The lowest BCUT2D eigenvalue weighted by molar-refractivity contribution is -0.120. The molecule has 2 unspecified atom stereocenters. The van der Waals surface area contributed by atoms with E-state index in [1.807, 2.05) is 6.07 Å². The molecule has 3 N–H and O–H groups in total. The van der Waals surface area contributed by atoms with Gasteiger partial charge in [-0.2, -0.15) is 0 Å². The van der Waals surface area contributed by atoms with Crippen molar-refractivity contribution < 1.29 is 33.4 Å². The Morgan fingerprint density at radius 1 is 1.02 bits per heavy atom. The zero-order valence-electron chi connectivity index (χ0n) is 23.2. The average Bonchev–Trinajstić information content (AvgIpc) is 3.27. The summed E-state index contributed by atoms with van der Waals surface area (Å²) in [7, 11) is 2.53. The fraction of sp³-hybridized carbons (Fsp3) is 0.379. The van der Waals surface area contributed by atoms with Crippen molar-refractivity contribution in [1.29, 1.82) is 0 Å². The van der Waals surface area contributed by atoms with Gasteiger partial charge in [0.2, 0.25) is 5.91 Å². The number of anilines is 2. The van der Waals surface area contributed by atoms with Gasteiger partial charge in [0.1, 0.15) is 11.3 Å². The molecule has 4 rings (SSSR count). The molecule has 0 bridgehead atoms. The summed E-state index contributed by atoms with van der Waals surface area (Å²) >= 11 is 6.29. The van der Waals surface area contributed by atoms with E-state index in [9.17, 15) is 19.2 Å². The third-order valence-electron chi connectivity index (χ3n) is 6.81. The molecule has 1 heterocycles. The van der Waals surface area contributed by atoms with Crippen molar-refractivity contribution in [3.8, 4) is 0 Å². The molecule has 11 heteroatoms. The van der Waals surface area contributed by atoms with Crippen LogP contribution in [0.15, 0.2) is 30.3 Å². The summed E-state index contributed by atoms with van der Waals surface area (Å²) in [4.78, 5) is 54.1. The Balaban J connectivity index is 1.63. The Bertz CT molecular complexity index is 1510. The topological polar surface area (TPSA) is 136 Å². The molecular weight excluding hydrogens is 538 g/mol. The largest absolute Gasteiger partial charge is 0.465 e. The number of hydrogen-bond acceptors (Lipinski definition) is 7. The van der Waals surface area contributed by atoms with Gasteiger partial charge >= 0.3 is 18.0 Å². The minimum atomic E-state index is -0.704. The second kappa shape index (κ2) is 11.2. The summed E-state index contributed by atoms with van der Waals surface area (Å²) in [6, 6.07) is 8.08. The van der Waals surface area contributed by atoms with E-state index in [1.54, 1.807) is 39.8 Å². The molecule has 212 valence electrons. The standard InChI is InChI=1S/C29H32ClN3O7/c1-14(18-9-7-15-11-16(30)12-21-22(15)23(18)24(32-21)27(36)39-6)25(34)33-20-10-8-17(13-19(20)26(35)38-5)31-28(37)40-29(2,3)4/h8,10-14,18,32H,7,9H2,1-6H3,(H,31,37)(H,33,34). The summed E-state index contributed by atoms with van der Waals surface area (Å²) in [6.45, 7) is 6.98. The first kappa shape index (κ1) is 28.9. The van der Waals surface area contributed by atoms with Crippen LogP contribution in [0.1, 0.15) is 72.0 Å². The molecular formula is C29H32ClN3O7. The summed E-state index contributed by atoms with van der Waals surface area (Å²) in [5.74, 6) is -2.48. The molecule has 0 saturated carbocycles. The van der Waals surface area contributed by atoms with E-state index < -0.39 is 29.6 Å². The van der Waals surface area contributed by atoms with Crippen LogP contribution in [-0.2, 0) is 25.4 Å². The van der Waals surface area contributed by atoms with Gasteiger partial charge in [0.05, 0.1) is 25.5 Å². The fourth-order valence-corrected chi connectivity index (χ4v) is 5.29. The Morgan fingerprint density at radius 2 is 1.73 bits per heavy atom. The highest BCUT2D eigenvalue weighted by atomic mass is 35.5. The van der Waals surface area contributed by atoms with E-state index in [0.29, 0.717) is 34.6 Å². The maximum absolute atomic E-state index is 13.6. The van der Waals surface area contributed by atoms with Crippen LogP contribution in [-0.4, -0.2) is 48.7 Å². The zero-order valence-corrected chi connectivity index (χ0v) is 23.9. The fourth-order valence-electron chi connectivity index (χ4n) is 5.05. The van der Waals surface area contributed by atoms with Gasteiger partial charge in [0, 0.05) is 27.5 Å². The number of aromatic amines is 1. The number of aryl methyl sites for hydroxylation is 1. The number of aromatic nitrogens is 1. The molecule has 10 nitrogen and oxygen atoms in total. The third kappa shape index (κ3) is 5.91. The van der Waals surface area contributed by atoms with Crippen molar-refractivity contribution in [2.75, 3.05) is 24.9 Å². The summed E-state index contributed by atoms with van der Waals surface area (Å²) in [6.07, 6.45) is 0.580. The number of benzene rings is 2. The minimum absolute atomic E-state index is 0.0551. The highest BCUT2D eigenvalue weighted by molar-refractivity contribution is 6.31. The minimum Gasteiger partial charge on any atom is -0.465 e. The number of hydrogen-bond donors (Lipinski definition) is 3. The molecule has 0 radical (unpaired) electrons. The number of halogens is 1. The molecule has 1 aliphatic carbocycles. The predicted molar refractivity (Wildman–Crippen MR) is 151 cm³/mol. The quantitative estimate of drug-likeness (QED) is 0.243. The number of rotatable bonds is 6. The van der Waals surface area contributed by atoms with Crippen molar-refractivity contribution in [2.24, 2.45) is 5.92 Å². The molecule has 40 heavy (non-hydrogen) atoms. The van der Waals surface area contributed by atoms with E-state index in [-0.39, 0.29) is 28.8 Å². The first-order valence-electron chi connectivity index (χ1n) is 12.8. The Kier molecular flexibility index (Phi) is 8.11. The number of amides is 2. The second-order valence-electron chi connectivity index (χ2n) is 10.7. The number of carbonyl (C=O) groups excluding carboxylic acids is 4. The van der Waals surface area contributed by atoms with Crippen molar-refractivity contribution >= 4 is 57.8 Å². The van der Waals surface area contributed by atoms with Gasteiger partial charge in [0.15, 0.2) is 0 Å². The molecule has 2 atom stereocenters. The normalized spacial score (nSPS) is 15.2. The van der Waals surface area contributed by atoms with Gasteiger partial charge in [-0.15, -0.1) is 0 Å². The third-order valence-corrected chi connectivity index (χ3v) is 7.03. The monoisotopic (exact) mass is 569 g/mol. The number of esters is 2.